The van der Waals surface area contributed by atoms with Crippen molar-refractivity contribution in [3.63, 3.8) is 0 Å². The van der Waals surface area contributed by atoms with Gasteiger partial charge in [0.25, 0.3) is 0 Å². The van der Waals surface area contributed by atoms with Gasteiger partial charge in [-0.2, -0.15) is 0 Å². The van der Waals surface area contributed by atoms with E-state index in [1.807, 2.05) is 13.1 Å². The second kappa shape index (κ2) is 6.45. The van der Waals surface area contributed by atoms with Gasteiger partial charge in [0.1, 0.15) is 0 Å². The molecule has 0 saturated carbocycles. The van der Waals surface area contributed by atoms with Gasteiger partial charge < -0.3 is 15.4 Å². The summed E-state index contributed by atoms with van der Waals surface area (Å²) in [5.74, 6) is 0.154. The fourth-order valence-electron chi connectivity index (χ4n) is 1.83. The Morgan fingerprint density at radius 2 is 2.00 bits per heavy atom. The van der Waals surface area contributed by atoms with E-state index in [4.69, 9.17) is 10.5 Å². The van der Waals surface area contributed by atoms with Crippen LogP contribution in [0.1, 0.15) is 38.1 Å². The molecular weight excluding hydrogens is 240 g/mol. The van der Waals surface area contributed by atoms with Crippen LogP contribution >= 0.6 is 0 Å². The third-order valence-corrected chi connectivity index (χ3v) is 3.52. The topological polar surface area (TPSA) is 55.6 Å². The number of esters is 1. The standard InChI is InChI=1S/C15H24N2O2/c1-6-19-15(18)13-9-12(7-8-14(13)16)17(5)11(4)10(2)3/h7-11H,6,16H2,1-5H3. The van der Waals surface area contributed by atoms with Crippen LogP contribution in [-0.4, -0.2) is 25.7 Å². The molecule has 2 N–H and O–H groups in total. The molecule has 0 aromatic heterocycles. The Balaban J connectivity index is 3.05. The molecule has 1 atom stereocenters. The van der Waals surface area contributed by atoms with Crippen LogP contribution in [0.15, 0.2) is 18.2 Å². The van der Waals surface area contributed by atoms with E-state index in [9.17, 15) is 4.79 Å². The molecule has 0 saturated heterocycles. The SMILES string of the molecule is CCOC(=O)c1cc(N(C)C(C)C(C)C)ccc1N. The van der Waals surface area contributed by atoms with Crippen LogP contribution in [-0.2, 0) is 4.74 Å². The van der Waals surface area contributed by atoms with Crippen molar-refractivity contribution in [2.24, 2.45) is 5.92 Å². The molecule has 4 heteroatoms. The summed E-state index contributed by atoms with van der Waals surface area (Å²) in [4.78, 5) is 14.0. The lowest BCUT2D eigenvalue weighted by Crippen LogP contribution is -2.33. The van der Waals surface area contributed by atoms with Crippen LogP contribution in [0.25, 0.3) is 0 Å². The van der Waals surface area contributed by atoms with E-state index in [0.29, 0.717) is 29.8 Å². The van der Waals surface area contributed by atoms with E-state index in [0.717, 1.165) is 5.69 Å². The predicted molar refractivity (Wildman–Crippen MR) is 79.5 cm³/mol. The maximum absolute atomic E-state index is 11.8. The number of benzene rings is 1. The van der Waals surface area contributed by atoms with Crippen molar-refractivity contribution in [1.82, 2.24) is 0 Å². The van der Waals surface area contributed by atoms with E-state index in [2.05, 4.69) is 25.7 Å². The van der Waals surface area contributed by atoms with Gasteiger partial charge in [0, 0.05) is 24.5 Å². The maximum Gasteiger partial charge on any atom is 0.340 e. The van der Waals surface area contributed by atoms with Gasteiger partial charge in [0.15, 0.2) is 0 Å². The summed E-state index contributed by atoms with van der Waals surface area (Å²) in [6.45, 7) is 8.63. The molecule has 0 bridgehead atoms. The molecule has 0 fully saturated rings. The highest BCUT2D eigenvalue weighted by molar-refractivity contribution is 5.96. The molecular formula is C15H24N2O2. The highest BCUT2D eigenvalue weighted by atomic mass is 16.5. The Morgan fingerprint density at radius 3 is 2.53 bits per heavy atom. The Morgan fingerprint density at radius 1 is 1.37 bits per heavy atom. The van der Waals surface area contributed by atoms with Crippen molar-refractivity contribution in [1.29, 1.82) is 0 Å². The summed E-state index contributed by atoms with van der Waals surface area (Å²) in [7, 11) is 2.02. The highest BCUT2D eigenvalue weighted by Crippen LogP contribution is 2.24. The summed E-state index contributed by atoms with van der Waals surface area (Å²) in [5.41, 5.74) is 7.69. The van der Waals surface area contributed by atoms with Crippen LogP contribution in [0.2, 0.25) is 0 Å². The van der Waals surface area contributed by atoms with E-state index in [-0.39, 0.29) is 5.97 Å². The number of hydrogen-bond acceptors (Lipinski definition) is 4. The summed E-state index contributed by atoms with van der Waals surface area (Å²) >= 11 is 0. The van der Waals surface area contributed by atoms with Crippen molar-refractivity contribution >= 4 is 17.3 Å². The fraction of sp³-hybridized carbons (Fsp3) is 0.533. The zero-order valence-corrected chi connectivity index (χ0v) is 12.4. The average Bonchev–Trinajstić information content (AvgIpc) is 2.37. The molecule has 0 aliphatic heterocycles. The van der Waals surface area contributed by atoms with Gasteiger partial charge in [0.2, 0.25) is 0 Å². The van der Waals surface area contributed by atoms with Crippen molar-refractivity contribution in [2.75, 3.05) is 24.3 Å². The Bertz CT molecular complexity index is 444. The van der Waals surface area contributed by atoms with Crippen molar-refractivity contribution in [3.05, 3.63) is 23.8 Å². The largest absolute Gasteiger partial charge is 0.462 e. The average molecular weight is 264 g/mol. The lowest BCUT2D eigenvalue weighted by molar-refractivity contribution is 0.0527. The summed E-state index contributed by atoms with van der Waals surface area (Å²) < 4.78 is 5.01. The zero-order valence-electron chi connectivity index (χ0n) is 12.4. The summed E-state index contributed by atoms with van der Waals surface area (Å²) in [6, 6.07) is 5.85. The number of carbonyl (C=O) groups excluding carboxylic acids is 1. The molecule has 0 radical (unpaired) electrons. The van der Waals surface area contributed by atoms with Gasteiger partial charge in [-0.1, -0.05) is 13.8 Å². The second-order valence-electron chi connectivity index (χ2n) is 5.09. The van der Waals surface area contributed by atoms with Gasteiger partial charge >= 0.3 is 5.97 Å². The Hall–Kier alpha value is -1.71. The predicted octanol–water partition coefficient (Wildman–Crippen LogP) is 2.93. The number of anilines is 2. The minimum Gasteiger partial charge on any atom is -0.462 e. The minimum atomic E-state index is -0.368. The molecule has 1 aromatic rings. The molecule has 0 spiro atoms. The molecule has 0 heterocycles. The molecule has 1 rings (SSSR count). The number of nitrogen functional groups attached to an aromatic ring is 1. The number of nitrogens with zero attached hydrogens (tertiary/aromatic N) is 1. The summed E-state index contributed by atoms with van der Waals surface area (Å²) in [5, 5.41) is 0. The van der Waals surface area contributed by atoms with Crippen LogP contribution < -0.4 is 10.6 Å². The normalized spacial score (nSPS) is 12.3. The van der Waals surface area contributed by atoms with E-state index < -0.39 is 0 Å². The van der Waals surface area contributed by atoms with Crippen LogP contribution in [0.3, 0.4) is 0 Å². The monoisotopic (exact) mass is 264 g/mol. The molecule has 1 aromatic carbocycles. The highest BCUT2D eigenvalue weighted by Gasteiger charge is 2.17. The Kier molecular flexibility index (Phi) is 5.21. The second-order valence-corrected chi connectivity index (χ2v) is 5.09. The van der Waals surface area contributed by atoms with Crippen molar-refractivity contribution in [2.45, 2.75) is 33.7 Å². The first-order valence-corrected chi connectivity index (χ1v) is 6.68. The minimum absolute atomic E-state index is 0.348. The molecule has 106 valence electrons. The van der Waals surface area contributed by atoms with Crippen molar-refractivity contribution < 1.29 is 9.53 Å². The number of nitrogens with two attached hydrogens (primary N) is 1. The van der Waals surface area contributed by atoms with Gasteiger partial charge in [-0.3, -0.25) is 0 Å². The Labute approximate surface area is 115 Å². The van der Waals surface area contributed by atoms with E-state index in [1.165, 1.54) is 0 Å². The molecule has 0 aliphatic rings. The first-order valence-electron chi connectivity index (χ1n) is 6.68. The van der Waals surface area contributed by atoms with Crippen LogP contribution in [0, 0.1) is 5.92 Å². The smallest absolute Gasteiger partial charge is 0.340 e. The third kappa shape index (κ3) is 3.63. The number of ether oxygens (including phenoxy) is 1. The molecule has 19 heavy (non-hydrogen) atoms. The van der Waals surface area contributed by atoms with Gasteiger partial charge in [0.05, 0.1) is 12.2 Å². The number of hydrogen-bond donors (Lipinski definition) is 1. The lowest BCUT2D eigenvalue weighted by Gasteiger charge is -2.30. The quantitative estimate of drug-likeness (QED) is 0.656. The van der Waals surface area contributed by atoms with E-state index in [1.54, 1.807) is 19.1 Å². The molecule has 1 unspecified atom stereocenters. The molecule has 0 aliphatic carbocycles. The van der Waals surface area contributed by atoms with Gasteiger partial charge in [-0.15, -0.1) is 0 Å². The molecule has 4 nitrogen and oxygen atoms in total. The van der Waals surface area contributed by atoms with Crippen LogP contribution in [0.5, 0.6) is 0 Å². The zero-order chi connectivity index (χ0) is 14.6. The van der Waals surface area contributed by atoms with Crippen molar-refractivity contribution in [3.8, 4) is 0 Å². The maximum atomic E-state index is 11.8. The van der Waals surface area contributed by atoms with Crippen LogP contribution in [0.4, 0.5) is 11.4 Å². The van der Waals surface area contributed by atoms with Gasteiger partial charge in [-0.05, 0) is 38.0 Å². The third-order valence-electron chi connectivity index (χ3n) is 3.52. The first-order chi connectivity index (χ1) is 8.88. The number of rotatable bonds is 5. The summed E-state index contributed by atoms with van der Waals surface area (Å²) in [6.07, 6.45) is 0. The lowest BCUT2D eigenvalue weighted by atomic mass is 10.0. The fourth-order valence-corrected chi connectivity index (χ4v) is 1.83. The number of carbonyl (C=O) groups is 1. The first kappa shape index (κ1) is 15.3. The van der Waals surface area contributed by atoms with Gasteiger partial charge in [-0.25, -0.2) is 4.79 Å². The molecule has 0 amide bonds. The van der Waals surface area contributed by atoms with E-state index >= 15 is 0 Å².